The zero-order chi connectivity index (χ0) is 11.7. The molecule has 16 heavy (non-hydrogen) atoms. The van der Waals surface area contributed by atoms with Gasteiger partial charge in [0.15, 0.2) is 0 Å². The molecule has 0 aliphatic rings. The van der Waals surface area contributed by atoms with E-state index in [1.54, 1.807) is 7.11 Å². The molecule has 0 atom stereocenters. The number of fused-ring (bicyclic) bond motifs is 1. The molecule has 0 aliphatic heterocycles. The molecule has 2 rings (SSSR count). The fourth-order valence-corrected chi connectivity index (χ4v) is 1.95. The van der Waals surface area contributed by atoms with Gasteiger partial charge in [-0.05, 0) is 31.0 Å². The van der Waals surface area contributed by atoms with E-state index >= 15 is 0 Å². The topological polar surface area (TPSA) is 39.4 Å². The summed E-state index contributed by atoms with van der Waals surface area (Å²) in [7, 11) is 1.62. The minimum Gasteiger partial charge on any atom is -0.496 e. The first-order valence-electron chi connectivity index (χ1n) is 5.27. The van der Waals surface area contributed by atoms with Gasteiger partial charge in [-0.3, -0.25) is 0 Å². The van der Waals surface area contributed by atoms with Gasteiger partial charge in [0, 0.05) is 17.0 Å². The van der Waals surface area contributed by atoms with Crippen molar-refractivity contribution in [2.45, 2.75) is 20.3 Å². The average Bonchev–Trinajstić information content (AvgIpc) is 2.27. The Labute approximate surface area is 93.7 Å². The number of benzene rings is 1. The molecule has 1 heterocycles. The smallest absolute Gasteiger partial charge is 0.336 e. The van der Waals surface area contributed by atoms with Crippen molar-refractivity contribution in [1.82, 2.24) is 0 Å². The van der Waals surface area contributed by atoms with Crippen molar-refractivity contribution in [2.75, 3.05) is 7.11 Å². The summed E-state index contributed by atoms with van der Waals surface area (Å²) in [5.41, 5.74) is 2.21. The number of rotatable bonds is 2. The first kappa shape index (κ1) is 10.7. The number of ether oxygens (including phenoxy) is 1. The van der Waals surface area contributed by atoms with Crippen molar-refractivity contribution in [2.24, 2.45) is 0 Å². The predicted molar refractivity (Wildman–Crippen MR) is 63.2 cm³/mol. The minimum absolute atomic E-state index is 0.312. The van der Waals surface area contributed by atoms with Crippen molar-refractivity contribution in [3.63, 3.8) is 0 Å². The lowest BCUT2D eigenvalue weighted by atomic mass is 10.0. The number of methoxy groups -OCH3 is 1. The van der Waals surface area contributed by atoms with Gasteiger partial charge in [0.1, 0.15) is 11.3 Å². The summed E-state index contributed by atoms with van der Waals surface area (Å²) in [6, 6.07) is 5.34. The largest absolute Gasteiger partial charge is 0.496 e. The van der Waals surface area contributed by atoms with Crippen LogP contribution in [0.2, 0.25) is 0 Å². The lowest BCUT2D eigenvalue weighted by Gasteiger charge is -2.09. The van der Waals surface area contributed by atoms with Crippen LogP contribution in [0, 0.1) is 6.92 Å². The molecular formula is C13H14O3. The van der Waals surface area contributed by atoms with Crippen LogP contribution in [0.15, 0.2) is 27.4 Å². The molecule has 0 N–H and O–H groups in total. The van der Waals surface area contributed by atoms with Crippen LogP contribution >= 0.6 is 0 Å². The molecule has 0 saturated heterocycles. The quantitative estimate of drug-likeness (QED) is 0.727. The fourth-order valence-electron chi connectivity index (χ4n) is 1.95. The summed E-state index contributed by atoms with van der Waals surface area (Å²) in [6.45, 7) is 3.92. The van der Waals surface area contributed by atoms with E-state index in [0.29, 0.717) is 5.58 Å². The van der Waals surface area contributed by atoms with E-state index < -0.39 is 0 Å². The Morgan fingerprint density at radius 3 is 2.75 bits per heavy atom. The summed E-state index contributed by atoms with van der Waals surface area (Å²) in [5.74, 6) is 0.767. The second-order valence-corrected chi connectivity index (χ2v) is 3.73. The molecule has 0 unspecified atom stereocenters. The molecule has 0 fully saturated rings. The van der Waals surface area contributed by atoms with Gasteiger partial charge >= 0.3 is 5.63 Å². The molecule has 0 spiro atoms. The van der Waals surface area contributed by atoms with Gasteiger partial charge < -0.3 is 9.15 Å². The first-order valence-corrected chi connectivity index (χ1v) is 5.27. The number of hydrogen-bond acceptors (Lipinski definition) is 3. The lowest BCUT2D eigenvalue weighted by molar-refractivity contribution is 0.409. The molecule has 0 amide bonds. The Kier molecular flexibility index (Phi) is 2.69. The van der Waals surface area contributed by atoms with Crippen LogP contribution in [0.3, 0.4) is 0 Å². The van der Waals surface area contributed by atoms with Crippen molar-refractivity contribution >= 4 is 11.0 Å². The molecule has 0 aliphatic carbocycles. The standard InChI is InChI=1S/C13H14O3/c1-4-9-11(15-3)6-5-10-8(2)7-12(14)16-13(9)10/h5-7H,4H2,1-3H3. The molecule has 3 heteroatoms. The minimum atomic E-state index is -0.312. The van der Waals surface area contributed by atoms with Crippen LogP contribution in [0.1, 0.15) is 18.1 Å². The molecule has 0 saturated carbocycles. The van der Waals surface area contributed by atoms with Gasteiger partial charge in [-0.2, -0.15) is 0 Å². The Hall–Kier alpha value is -1.77. The fraction of sp³-hybridized carbons (Fsp3) is 0.308. The predicted octanol–water partition coefficient (Wildman–Crippen LogP) is 2.67. The van der Waals surface area contributed by atoms with E-state index in [0.717, 1.165) is 28.7 Å². The average molecular weight is 218 g/mol. The second kappa shape index (κ2) is 4.00. The Balaban J connectivity index is 2.91. The van der Waals surface area contributed by atoms with Crippen LogP contribution < -0.4 is 10.4 Å². The van der Waals surface area contributed by atoms with E-state index in [9.17, 15) is 4.79 Å². The molecule has 3 nitrogen and oxygen atoms in total. The lowest BCUT2D eigenvalue weighted by Crippen LogP contribution is -2.01. The maximum absolute atomic E-state index is 11.4. The maximum atomic E-state index is 11.4. The molecule has 0 bridgehead atoms. The third kappa shape index (κ3) is 1.58. The van der Waals surface area contributed by atoms with Crippen LogP contribution in [-0.4, -0.2) is 7.11 Å². The highest BCUT2D eigenvalue weighted by molar-refractivity contribution is 5.84. The summed E-state index contributed by atoms with van der Waals surface area (Å²) >= 11 is 0. The first-order chi connectivity index (χ1) is 7.67. The van der Waals surface area contributed by atoms with Crippen LogP contribution in [-0.2, 0) is 6.42 Å². The molecule has 0 radical (unpaired) electrons. The molecule has 2 aromatic rings. The van der Waals surface area contributed by atoms with Gasteiger partial charge in [-0.25, -0.2) is 4.79 Å². The Morgan fingerprint density at radius 2 is 2.12 bits per heavy atom. The Bertz CT molecular complexity index is 581. The molecule has 84 valence electrons. The van der Waals surface area contributed by atoms with Crippen molar-refractivity contribution in [3.05, 3.63) is 39.7 Å². The van der Waals surface area contributed by atoms with E-state index in [1.807, 2.05) is 26.0 Å². The Morgan fingerprint density at radius 1 is 1.38 bits per heavy atom. The highest BCUT2D eigenvalue weighted by Crippen LogP contribution is 2.28. The monoisotopic (exact) mass is 218 g/mol. The normalized spacial score (nSPS) is 10.7. The van der Waals surface area contributed by atoms with Gasteiger partial charge in [-0.1, -0.05) is 6.92 Å². The van der Waals surface area contributed by atoms with E-state index in [-0.39, 0.29) is 5.63 Å². The van der Waals surface area contributed by atoms with E-state index in [1.165, 1.54) is 6.07 Å². The molecule has 1 aromatic heterocycles. The zero-order valence-electron chi connectivity index (χ0n) is 9.66. The summed E-state index contributed by atoms with van der Waals surface area (Å²) in [6.07, 6.45) is 0.771. The third-order valence-electron chi connectivity index (χ3n) is 2.75. The SMILES string of the molecule is CCc1c(OC)ccc2c(C)cc(=O)oc12. The maximum Gasteiger partial charge on any atom is 0.336 e. The second-order valence-electron chi connectivity index (χ2n) is 3.73. The highest BCUT2D eigenvalue weighted by atomic mass is 16.5. The zero-order valence-corrected chi connectivity index (χ0v) is 9.66. The van der Waals surface area contributed by atoms with Gasteiger partial charge in [0.05, 0.1) is 7.11 Å². The van der Waals surface area contributed by atoms with Gasteiger partial charge in [0.25, 0.3) is 0 Å². The highest BCUT2D eigenvalue weighted by Gasteiger charge is 2.11. The summed E-state index contributed by atoms with van der Waals surface area (Å²) in [5, 5.41) is 0.970. The summed E-state index contributed by atoms with van der Waals surface area (Å²) < 4.78 is 10.5. The number of hydrogen-bond donors (Lipinski definition) is 0. The molecular weight excluding hydrogens is 204 g/mol. The van der Waals surface area contributed by atoms with Crippen molar-refractivity contribution < 1.29 is 9.15 Å². The van der Waals surface area contributed by atoms with Crippen molar-refractivity contribution in [1.29, 1.82) is 0 Å². The van der Waals surface area contributed by atoms with E-state index in [4.69, 9.17) is 9.15 Å². The van der Waals surface area contributed by atoms with Crippen LogP contribution in [0.4, 0.5) is 0 Å². The van der Waals surface area contributed by atoms with Gasteiger partial charge in [-0.15, -0.1) is 0 Å². The van der Waals surface area contributed by atoms with E-state index in [2.05, 4.69) is 0 Å². The van der Waals surface area contributed by atoms with Crippen LogP contribution in [0.5, 0.6) is 5.75 Å². The number of aryl methyl sites for hydroxylation is 2. The summed E-state index contributed by atoms with van der Waals surface area (Å²) in [4.78, 5) is 11.4. The van der Waals surface area contributed by atoms with Gasteiger partial charge in [0.2, 0.25) is 0 Å². The van der Waals surface area contributed by atoms with Crippen molar-refractivity contribution in [3.8, 4) is 5.75 Å². The van der Waals surface area contributed by atoms with Crippen LogP contribution in [0.25, 0.3) is 11.0 Å². The molecule has 1 aromatic carbocycles. The third-order valence-corrected chi connectivity index (χ3v) is 2.75.